The first-order valence-corrected chi connectivity index (χ1v) is 12.2. The van der Waals surface area contributed by atoms with E-state index in [2.05, 4.69) is 4.90 Å². The molecule has 2 heterocycles. The number of carbonyl (C=O) groups is 4. The number of hydrogen-bond donors (Lipinski definition) is 2. The van der Waals surface area contributed by atoms with Gasteiger partial charge in [-0.2, -0.15) is 0 Å². The molecule has 0 radical (unpaired) electrons. The number of halogens is 2. The van der Waals surface area contributed by atoms with Gasteiger partial charge >= 0.3 is 17.9 Å². The van der Waals surface area contributed by atoms with Gasteiger partial charge in [-0.15, -0.1) is 0 Å². The number of methoxy groups -OCH3 is 1. The number of carbonyl (C=O) groups excluding carboxylic acids is 2. The number of carboxylic acid groups (broad SMARTS) is 2. The number of aliphatic carboxylic acids is 2. The Labute approximate surface area is 219 Å². The molecule has 0 aliphatic carbocycles. The van der Waals surface area contributed by atoms with Crippen molar-refractivity contribution in [3.05, 3.63) is 57.6 Å². The third-order valence-electron chi connectivity index (χ3n) is 5.80. The highest BCUT2D eigenvalue weighted by molar-refractivity contribution is 6.42. The van der Waals surface area contributed by atoms with E-state index in [9.17, 15) is 19.2 Å². The number of carboxylic acids is 2. The molecule has 1 saturated heterocycles. The van der Waals surface area contributed by atoms with E-state index < -0.39 is 11.9 Å². The molecule has 9 nitrogen and oxygen atoms in total. The summed E-state index contributed by atoms with van der Waals surface area (Å²) in [4.78, 5) is 48.2. The molecule has 36 heavy (non-hydrogen) atoms. The predicted octanol–water partition coefficient (Wildman–Crippen LogP) is 3.43. The monoisotopic (exact) mass is 540 g/mol. The van der Waals surface area contributed by atoms with Gasteiger partial charge in [-0.05, 0) is 43.4 Å². The van der Waals surface area contributed by atoms with E-state index >= 15 is 0 Å². The fourth-order valence-corrected chi connectivity index (χ4v) is 4.45. The first kappa shape index (κ1) is 29.4. The van der Waals surface area contributed by atoms with Gasteiger partial charge < -0.3 is 19.8 Å². The average molecular weight is 541 g/mol. The van der Waals surface area contributed by atoms with Crippen molar-refractivity contribution in [2.45, 2.75) is 38.1 Å². The van der Waals surface area contributed by atoms with E-state index in [0.717, 1.165) is 50.9 Å². The highest BCUT2D eigenvalue weighted by Crippen LogP contribution is 2.25. The zero-order valence-corrected chi connectivity index (χ0v) is 21.5. The Morgan fingerprint density at radius 2 is 1.75 bits per heavy atom. The fourth-order valence-electron chi connectivity index (χ4n) is 4.13. The zero-order chi connectivity index (χ0) is 26.7. The lowest BCUT2D eigenvalue weighted by molar-refractivity contribution is -0.137. The number of amides is 1. The van der Waals surface area contributed by atoms with E-state index in [1.54, 1.807) is 12.1 Å². The second-order valence-corrected chi connectivity index (χ2v) is 9.23. The van der Waals surface area contributed by atoms with Crippen LogP contribution in [0.1, 0.15) is 31.2 Å². The smallest absolute Gasteiger partial charge is 0.334 e. The molecule has 0 saturated carbocycles. The maximum atomic E-state index is 13.0. The lowest BCUT2D eigenvalue weighted by Gasteiger charge is -2.39. The van der Waals surface area contributed by atoms with Crippen molar-refractivity contribution in [1.82, 2.24) is 9.80 Å². The minimum Gasteiger partial charge on any atom is -0.478 e. The van der Waals surface area contributed by atoms with Crippen LogP contribution >= 0.6 is 23.2 Å². The lowest BCUT2D eigenvalue weighted by Crippen LogP contribution is -2.51. The summed E-state index contributed by atoms with van der Waals surface area (Å²) in [6, 6.07) is 5.51. The van der Waals surface area contributed by atoms with Crippen LogP contribution in [0, 0.1) is 0 Å². The molecule has 196 valence electrons. The van der Waals surface area contributed by atoms with Gasteiger partial charge in [-0.25, -0.2) is 14.4 Å². The molecule has 1 amide bonds. The maximum Gasteiger partial charge on any atom is 0.334 e. The van der Waals surface area contributed by atoms with Gasteiger partial charge in [-0.3, -0.25) is 9.69 Å². The van der Waals surface area contributed by atoms with Crippen LogP contribution in [0.2, 0.25) is 10.0 Å². The molecule has 2 aliphatic heterocycles. The molecule has 0 aromatic heterocycles. The molecule has 0 bridgehead atoms. The van der Waals surface area contributed by atoms with Crippen LogP contribution in [-0.2, 0) is 30.3 Å². The van der Waals surface area contributed by atoms with Crippen molar-refractivity contribution in [3.8, 4) is 0 Å². The third-order valence-corrected chi connectivity index (χ3v) is 6.54. The summed E-state index contributed by atoms with van der Waals surface area (Å²) in [5.41, 5.74) is 1.58. The molecular weight excluding hydrogens is 511 g/mol. The maximum absolute atomic E-state index is 13.0. The first-order chi connectivity index (χ1) is 17.1. The Morgan fingerprint density at radius 3 is 2.36 bits per heavy atom. The fraction of sp³-hybridized carbons (Fsp3) is 0.440. The molecule has 1 fully saturated rings. The van der Waals surface area contributed by atoms with Gasteiger partial charge in [0.15, 0.2) is 0 Å². The standard InChI is InChI=1S/C21H26Cl2N2O3.C4H4O4/c1-28-21(27)16-5-4-9-24(13-16)14-17-6-2-3-10-25(17)20(26)12-15-7-8-18(22)19(23)11-15;5-3(6)1-2-4(7)8/h5,7-8,11,17H,2-4,6,9-10,12-14H2,1H3;1-2H,(H,5,6)(H,7,8)/b;2-1+. The molecule has 2 aliphatic rings. The van der Waals surface area contributed by atoms with Crippen LogP contribution in [0.3, 0.4) is 0 Å². The second-order valence-electron chi connectivity index (χ2n) is 8.42. The SMILES string of the molecule is COC(=O)C1=CCCN(CC2CCCCN2C(=O)Cc2ccc(Cl)c(Cl)c2)C1.O=C(O)/C=C/C(=O)O. The number of likely N-dealkylation sites (tertiary alicyclic amines) is 1. The Morgan fingerprint density at radius 1 is 1.06 bits per heavy atom. The third kappa shape index (κ3) is 9.64. The normalized spacial score (nSPS) is 18.1. The molecule has 1 aromatic carbocycles. The summed E-state index contributed by atoms with van der Waals surface area (Å²) in [6.45, 7) is 3.03. The number of rotatable bonds is 7. The van der Waals surface area contributed by atoms with Crippen LogP contribution in [0.4, 0.5) is 0 Å². The van der Waals surface area contributed by atoms with Gasteiger partial charge in [0.1, 0.15) is 0 Å². The van der Waals surface area contributed by atoms with Crippen LogP contribution in [0.15, 0.2) is 42.0 Å². The van der Waals surface area contributed by atoms with Crippen LogP contribution < -0.4 is 0 Å². The van der Waals surface area contributed by atoms with Crippen molar-refractivity contribution < 1.29 is 34.1 Å². The minimum absolute atomic E-state index is 0.115. The summed E-state index contributed by atoms with van der Waals surface area (Å²) in [5, 5.41) is 16.6. The Bertz CT molecular complexity index is 1010. The van der Waals surface area contributed by atoms with Gasteiger partial charge in [0.05, 0.1) is 23.6 Å². The number of benzene rings is 1. The Kier molecular flexibility index (Phi) is 11.9. The Hall–Kier alpha value is -2.88. The van der Waals surface area contributed by atoms with E-state index in [1.807, 2.05) is 17.0 Å². The van der Waals surface area contributed by atoms with Crippen molar-refractivity contribution in [2.24, 2.45) is 0 Å². The predicted molar refractivity (Wildman–Crippen MR) is 135 cm³/mol. The molecule has 2 N–H and O–H groups in total. The largest absolute Gasteiger partial charge is 0.478 e. The van der Waals surface area contributed by atoms with Crippen molar-refractivity contribution >= 4 is 47.0 Å². The number of piperidine rings is 1. The minimum atomic E-state index is -1.26. The van der Waals surface area contributed by atoms with Gasteiger partial charge in [0.25, 0.3) is 0 Å². The van der Waals surface area contributed by atoms with Crippen LogP contribution in [-0.4, -0.2) is 83.2 Å². The van der Waals surface area contributed by atoms with Gasteiger partial charge in [-0.1, -0.05) is 35.3 Å². The molecule has 1 aromatic rings. The molecule has 1 atom stereocenters. The van der Waals surface area contributed by atoms with E-state index in [1.165, 1.54) is 7.11 Å². The summed E-state index contributed by atoms with van der Waals surface area (Å²) in [6.07, 6.45) is 7.35. The number of nitrogens with zero attached hydrogens (tertiary/aromatic N) is 2. The highest BCUT2D eigenvalue weighted by Gasteiger charge is 2.29. The number of ether oxygens (including phenoxy) is 1. The summed E-state index contributed by atoms with van der Waals surface area (Å²) in [7, 11) is 1.41. The van der Waals surface area contributed by atoms with Crippen molar-refractivity contribution in [3.63, 3.8) is 0 Å². The summed E-state index contributed by atoms with van der Waals surface area (Å²) >= 11 is 12.1. The van der Waals surface area contributed by atoms with Gasteiger partial charge in [0, 0.05) is 49.9 Å². The second kappa shape index (κ2) is 14.6. The van der Waals surface area contributed by atoms with E-state index in [4.69, 9.17) is 38.2 Å². The van der Waals surface area contributed by atoms with E-state index in [0.29, 0.717) is 40.7 Å². The number of esters is 1. The van der Waals surface area contributed by atoms with Crippen LogP contribution in [0.25, 0.3) is 0 Å². The van der Waals surface area contributed by atoms with Crippen LogP contribution in [0.5, 0.6) is 0 Å². The molecule has 11 heteroatoms. The summed E-state index contributed by atoms with van der Waals surface area (Å²) in [5.74, 6) is -2.66. The summed E-state index contributed by atoms with van der Waals surface area (Å²) < 4.78 is 4.85. The zero-order valence-electron chi connectivity index (χ0n) is 20.0. The first-order valence-electron chi connectivity index (χ1n) is 11.5. The lowest BCUT2D eigenvalue weighted by atomic mass is 9.99. The van der Waals surface area contributed by atoms with E-state index in [-0.39, 0.29) is 17.9 Å². The average Bonchev–Trinajstić information content (AvgIpc) is 2.85. The number of hydrogen-bond acceptors (Lipinski definition) is 6. The topological polar surface area (TPSA) is 124 Å². The van der Waals surface area contributed by atoms with Crippen molar-refractivity contribution in [2.75, 3.05) is 33.3 Å². The molecular formula is C25H30Cl2N2O7. The highest BCUT2D eigenvalue weighted by atomic mass is 35.5. The van der Waals surface area contributed by atoms with Crippen molar-refractivity contribution in [1.29, 1.82) is 0 Å². The van der Waals surface area contributed by atoms with Gasteiger partial charge in [0.2, 0.25) is 5.91 Å². The molecule has 0 spiro atoms. The quantitative estimate of drug-likeness (QED) is 0.398. The molecule has 3 rings (SSSR count). The Balaban J connectivity index is 0.000000493. The molecule has 1 unspecified atom stereocenters.